The van der Waals surface area contributed by atoms with Crippen molar-refractivity contribution in [2.45, 2.75) is 25.4 Å². The number of hydrogen-bond acceptors (Lipinski definition) is 4. The van der Waals surface area contributed by atoms with E-state index in [1.54, 1.807) is 0 Å². The second-order valence-electron chi connectivity index (χ2n) is 6.10. The first-order chi connectivity index (χ1) is 9.74. The molecule has 0 saturated carbocycles. The number of nitrogens with one attached hydrogen (secondary N) is 1. The summed E-state index contributed by atoms with van der Waals surface area (Å²) in [5.41, 5.74) is 2.47. The monoisotopic (exact) mass is 275 g/mol. The molecule has 1 aromatic carbocycles. The molecule has 4 nitrogen and oxygen atoms in total. The fraction of sp³-hybridized carbons (Fsp3) is 0.625. The van der Waals surface area contributed by atoms with E-state index in [1.807, 2.05) is 0 Å². The van der Waals surface area contributed by atoms with Crippen LogP contribution in [-0.4, -0.2) is 56.2 Å². The molecule has 0 bridgehead atoms. The molecule has 3 rings (SSSR count). The van der Waals surface area contributed by atoms with Crippen LogP contribution >= 0.6 is 0 Å². The van der Waals surface area contributed by atoms with Crippen LogP contribution in [0.4, 0.5) is 5.69 Å². The number of nitrogens with zero attached hydrogens (tertiary/aromatic N) is 2. The molecule has 0 aromatic heterocycles. The maximum Gasteiger partial charge on any atom is 0.146 e. The zero-order valence-electron chi connectivity index (χ0n) is 12.6. The lowest BCUT2D eigenvalue weighted by molar-refractivity contribution is 0.198. The topological polar surface area (TPSA) is 27.7 Å². The normalized spacial score (nSPS) is 22.4. The molecule has 1 saturated heterocycles. The van der Waals surface area contributed by atoms with Gasteiger partial charge < -0.3 is 15.0 Å². The van der Waals surface area contributed by atoms with Crippen LogP contribution in [0.3, 0.4) is 0 Å². The van der Waals surface area contributed by atoms with Gasteiger partial charge in [-0.15, -0.1) is 0 Å². The number of rotatable bonds is 4. The molecule has 2 aliphatic heterocycles. The Kier molecular flexibility index (Phi) is 4.13. The number of fused-ring (bicyclic) bond motifs is 1. The first-order valence-corrected chi connectivity index (χ1v) is 7.61. The summed E-state index contributed by atoms with van der Waals surface area (Å²) < 4.78 is 5.88. The average molecular weight is 275 g/mol. The van der Waals surface area contributed by atoms with Crippen molar-refractivity contribution in [1.82, 2.24) is 9.80 Å². The van der Waals surface area contributed by atoms with Crippen LogP contribution in [0.1, 0.15) is 18.4 Å². The van der Waals surface area contributed by atoms with Crippen molar-refractivity contribution in [3.63, 3.8) is 0 Å². The largest absolute Gasteiger partial charge is 0.489 e. The molecule has 1 N–H and O–H groups in total. The van der Waals surface area contributed by atoms with Gasteiger partial charge in [0.25, 0.3) is 0 Å². The van der Waals surface area contributed by atoms with Crippen LogP contribution < -0.4 is 10.1 Å². The fourth-order valence-corrected chi connectivity index (χ4v) is 3.31. The number of hydrogen-bond donors (Lipinski definition) is 1. The number of likely N-dealkylation sites (tertiary alicyclic amines) is 1. The Labute approximate surface area is 121 Å². The third-order valence-corrected chi connectivity index (χ3v) is 4.21. The highest BCUT2D eigenvalue weighted by molar-refractivity contribution is 5.61. The summed E-state index contributed by atoms with van der Waals surface area (Å²) in [5.74, 6) is 1.06. The van der Waals surface area contributed by atoms with E-state index in [9.17, 15) is 0 Å². The van der Waals surface area contributed by atoms with Crippen LogP contribution in [0, 0.1) is 0 Å². The third-order valence-electron chi connectivity index (χ3n) is 4.21. The van der Waals surface area contributed by atoms with Crippen molar-refractivity contribution in [2.24, 2.45) is 0 Å². The Morgan fingerprint density at radius 2 is 2.30 bits per heavy atom. The maximum atomic E-state index is 5.88. The van der Waals surface area contributed by atoms with Crippen molar-refractivity contribution in [3.05, 3.63) is 23.8 Å². The summed E-state index contributed by atoms with van der Waals surface area (Å²) in [5, 5.41) is 3.42. The fourth-order valence-electron chi connectivity index (χ4n) is 3.31. The summed E-state index contributed by atoms with van der Waals surface area (Å²) in [6.45, 7) is 5.03. The van der Waals surface area contributed by atoms with Crippen LogP contribution in [-0.2, 0) is 6.54 Å². The van der Waals surface area contributed by atoms with Gasteiger partial charge >= 0.3 is 0 Å². The van der Waals surface area contributed by atoms with Gasteiger partial charge in [-0.25, -0.2) is 0 Å². The van der Waals surface area contributed by atoms with E-state index < -0.39 is 0 Å². The highest BCUT2D eigenvalue weighted by Gasteiger charge is 2.26. The van der Waals surface area contributed by atoms with Gasteiger partial charge in [0.15, 0.2) is 0 Å². The van der Waals surface area contributed by atoms with E-state index >= 15 is 0 Å². The van der Waals surface area contributed by atoms with Crippen LogP contribution in [0.25, 0.3) is 0 Å². The lowest BCUT2D eigenvalue weighted by Crippen LogP contribution is -2.37. The van der Waals surface area contributed by atoms with E-state index in [0.29, 0.717) is 6.04 Å². The third kappa shape index (κ3) is 2.91. The van der Waals surface area contributed by atoms with Crippen LogP contribution in [0.2, 0.25) is 0 Å². The summed E-state index contributed by atoms with van der Waals surface area (Å²) in [4.78, 5) is 4.90. The SMILES string of the molecule is CN(C)CC1CCCN1Cc1cccc2c1OCCN2. The molecule has 1 fully saturated rings. The second kappa shape index (κ2) is 6.02. The van der Waals surface area contributed by atoms with Gasteiger partial charge in [-0.05, 0) is 39.5 Å². The Hall–Kier alpha value is -1.26. The van der Waals surface area contributed by atoms with Gasteiger partial charge in [0.05, 0.1) is 5.69 Å². The van der Waals surface area contributed by atoms with Crippen molar-refractivity contribution in [1.29, 1.82) is 0 Å². The molecule has 0 radical (unpaired) electrons. The van der Waals surface area contributed by atoms with Crippen molar-refractivity contribution in [2.75, 3.05) is 45.7 Å². The standard InChI is InChI=1S/C16H25N3O/c1-18(2)12-14-6-4-9-19(14)11-13-5-3-7-15-16(13)20-10-8-17-15/h3,5,7,14,17H,4,6,8-12H2,1-2H3. The van der Waals surface area contributed by atoms with Crippen molar-refractivity contribution in [3.8, 4) is 5.75 Å². The van der Waals surface area contributed by atoms with Crippen molar-refractivity contribution < 1.29 is 4.74 Å². The molecule has 0 amide bonds. The smallest absolute Gasteiger partial charge is 0.146 e. The zero-order valence-corrected chi connectivity index (χ0v) is 12.6. The number of anilines is 1. The van der Waals surface area contributed by atoms with E-state index in [-0.39, 0.29) is 0 Å². The minimum atomic E-state index is 0.678. The molecule has 20 heavy (non-hydrogen) atoms. The molecular formula is C16H25N3O. The van der Waals surface area contributed by atoms with Gasteiger partial charge in [-0.3, -0.25) is 4.90 Å². The minimum Gasteiger partial charge on any atom is -0.489 e. The number of para-hydroxylation sites is 1. The molecule has 1 unspecified atom stereocenters. The Morgan fingerprint density at radius 1 is 1.40 bits per heavy atom. The van der Waals surface area contributed by atoms with E-state index in [2.05, 4.69) is 47.4 Å². The molecular weight excluding hydrogens is 250 g/mol. The highest BCUT2D eigenvalue weighted by atomic mass is 16.5. The predicted molar refractivity (Wildman–Crippen MR) is 82.4 cm³/mol. The Bertz CT molecular complexity index is 461. The van der Waals surface area contributed by atoms with E-state index in [4.69, 9.17) is 4.74 Å². The van der Waals surface area contributed by atoms with Gasteiger partial charge in [-0.1, -0.05) is 12.1 Å². The summed E-state index contributed by atoms with van der Waals surface area (Å²) in [6, 6.07) is 7.13. The molecule has 1 atom stereocenters. The maximum absolute atomic E-state index is 5.88. The quantitative estimate of drug-likeness (QED) is 0.910. The lowest BCUT2D eigenvalue weighted by Gasteiger charge is -2.29. The Balaban J connectivity index is 1.74. The van der Waals surface area contributed by atoms with E-state index in [0.717, 1.165) is 37.7 Å². The zero-order chi connectivity index (χ0) is 13.9. The van der Waals surface area contributed by atoms with Gasteiger partial charge in [-0.2, -0.15) is 0 Å². The second-order valence-corrected chi connectivity index (χ2v) is 6.10. The molecule has 2 aliphatic rings. The summed E-state index contributed by atoms with van der Waals surface area (Å²) in [7, 11) is 4.32. The van der Waals surface area contributed by atoms with Gasteiger partial charge in [0, 0.05) is 31.2 Å². The molecule has 1 aromatic rings. The number of ether oxygens (including phenoxy) is 1. The molecule has 110 valence electrons. The van der Waals surface area contributed by atoms with Crippen LogP contribution in [0.15, 0.2) is 18.2 Å². The lowest BCUT2D eigenvalue weighted by atomic mass is 10.1. The van der Waals surface area contributed by atoms with Crippen molar-refractivity contribution >= 4 is 5.69 Å². The Morgan fingerprint density at radius 3 is 3.15 bits per heavy atom. The summed E-state index contributed by atoms with van der Waals surface area (Å²) in [6.07, 6.45) is 2.62. The predicted octanol–water partition coefficient (Wildman–Crippen LogP) is 2.02. The van der Waals surface area contributed by atoms with Crippen LogP contribution in [0.5, 0.6) is 5.75 Å². The minimum absolute atomic E-state index is 0.678. The molecule has 0 aliphatic carbocycles. The molecule has 4 heteroatoms. The number of benzene rings is 1. The molecule has 2 heterocycles. The van der Waals surface area contributed by atoms with Gasteiger partial charge in [0.1, 0.15) is 12.4 Å². The van der Waals surface area contributed by atoms with Gasteiger partial charge in [0.2, 0.25) is 0 Å². The molecule has 0 spiro atoms. The highest BCUT2D eigenvalue weighted by Crippen LogP contribution is 2.33. The first-order valence-electron chi connectivity index (χ1n) is 7.61. The summed E-state index contributed by atoms with van der Waals surface area (Å²) >= 11 is 0. The van der Waals surface area contributed by atoms with E-state index in [1.165, 1.54) is 24.9 Å². The first kappa shape index (κ1) is 13.7. The number of likely N-dealkylation sites (N-methyl/N-ethyl adjacent to an activating group) is 1. The average Bonchev–Trinajstić information content (AvgIpc) is 2.86.